The van der Waals surface area contributed by atoms with Gasteiger partial charge in [-0.25, -0.2) is 4.39 Å². The predicted octanol–water partition coefficient (Wildman–Crippen LogP) is -0.0311. The number of rotatable bonds is 5. The van der Waals surface area contributed by atoms with E-state index in [1.54, 1.807) is 6.92 Å². The third-order valence-corrected chi connectivity index (χ3v) is 0.768. The molecule has 0 atom stereocenters. The Hall–Kier alpha value is -0.0261. The summed E-state index contributed by atoms with van der Waals surface area (Å²) in [5.41, 5.74) is 0. The van der Waals surface area contributed by atoms with Crippen molar-refractivity contribution in [1.82, 2.24) is 5.32 Å². The summed E-state index contributed by atoms with van der Waals surface area (Å²) >= 11 is 0. The Morgan fingerprint density at radius 3 is 2.92 bits per heavy atom. The Bertz CT molecular complexity index is 144. The number of halogens is 1. The molecule has 0 rings (SSSR count). The molecule has 67 valence electrons. The van der Waals surface area contributed by atoms with Crippen LogP contribution in [0.25, 0.3) is 0 Å². The first-order valence-corrected chi connectivity index (χ1v) is 3.12. The number of nitrogens with zero attached hydrogens (tertiary/aromatic N) is 1. The molecule has 1 N–H and O–H groups in total. The van der Waals surface area contributed by atoms with Crippen LogP contribution in [0.4, 0.5) is 4.39 Å². The van der Waals surface area contributed by atoms with E-state index in [4.69, 9.17) is 0 Å². The van der Waals surface area contributed by atoms with E-state index in [0.29, 0.717) is 0 Å². The molecule has 0 fully saturated rings. The van der Waals surface area contributed by atoms with Crippen LogP contribution in [0, 0.1) is 0 Å². The second-order valence-corrected chi connectivity index (χ2v) is 1.63. The van der Waals surface area contributed by atoms with E-state index in [-0.39, 0.29) is 51.8 Å². The largest absolute Gasteiger partial charge is 0.423 e. The number of hydrogen-bond acceptors (Lipinski definition) is 3. The Labute approximate surface area is 95.8 Å². The van der Waals surface area contributed by atoms with E-state index in [1.165, 1.54) is 0 Å². The van der Waals surface area contributed by atoms with Crippen LogP contribution in [0.3, 0.4) is 0 Å². The Kier molecular flexibility index (Phi) is 13.3. The molecule has 0 aromatic rings. The minimum absolute atomic E-state index is 0. The zero-order valence-electron chi connectivity index (χ0n) is 6.84. The molecule has 0 aliphatic heterocycles. The fourth-order valence-corrected chi connectivity index (χ4v) is 0.393. The van der Waals surface area contributed by atoms with Gasteiger partial charge in [0.2, 0.25) is 0 Å². The summed E-state index contributed by atoms with van der Waals surface area (Å²) in [5, 5.41) is 5.48. The van der Waals surface area contributed by atoms with Crippen LogP contribution in [0.5, 0.6) is 0 Å². The molecule has 0 unspecified atom stereocenters. The fourth-order valence-electron chi connectivity index (χ4n) is 0.393. The van der Waals surface area contributed by atoms with Gasteiger partial charge in [0.1, 0.15) is 6.67 Å². The van der Waals surface area contributed by atoms with Gasteiger partial charge in [-0.1, -0.05) is 0 Å². The van der Waals surface area contributed by atoms with Crippen LogP contribution in [0.2, 0.25) is 0 Å². The Morgan fingerprint density at radius 2 is 2.42 bits per heavy atom. The summed E-state index contributed by atoms with van der Waals surface area (Å²) in [6, 6.07) is 0. The summed E-state index contributed by atoms with van der Waals surface area (Å²) in [5.74, 6) is -0.387. The van der Waals surface area contributed by atoms with Crippen molar-refractivity contribution in [3.05, 3.63) is 0 Å². The molecular formula is C6H10FN2O2Y-. The van der Waals surface area contributed by atoms with Crippen molar-refractivity contribution < 1.29 is 46.7 Å². The van der Waals surface area contributed by atoms with Gasteiger partial charge in [0, 0.05) is 39.3 Å². The van der Waals surface area contributed by atoms with Crippen molar-refractivity contribution >= 4 is 12.1 Å². The van der Waals surface area contributed by atoms with Crippen molar-refractivity contribution in [2.45, 2.75) is 6.92 Å². The van der Waals surface area contributed by atoms with Crippen molar-refractivity contribution in [1.29, 1.82) is 0 Å². The topological polar surface area (TPSA) is 50.7 Å². The summed E-state index contributed by atoms with van der Waals surface area (Å²) in [4.78, 5) is 15.0. The molecule has 0 aliphatic rings. The maximum Gasteiger partial charge on any atom is 0.260 e. The second kappa shape index (κ2) is 11.0. The summed E-state index contributed by atoms with van der Waals surface area (Å²) in [6.45, 7) is 0.789. The standard InChI is InChI=1S/C6H10FN2O2.Y/c1-2-9-11-5-6(10)8-4-3-7;/h3-5H2,1H3,(H,8,10);/q-1;/i7-1;. The van der Waals surface area contributed by atoms with Gasteiger partial charge in [-0.2, -0.15) is 6.92 Å². The van der Waals surface area contributed by atoms with E-state index in [2.05, 4.69) is 21.5 Å². The first kappa shape index (κ1) is 14.5. The summed E-state index contributed by atoms with van der Waals surface area (Å²) in [7, 11) is 0. The number of carbonyl (C=O) groups is 1. The molecule has 0 heterocycles. The molecular weight excluding hydrogens is 239 g/mol. The zero-order valence-corrected chi connectivity index (χ0v) is 9.68. The number of amides is 1. The number of hydrogen-bond donors (Lipinski definition) is 1. The molecule has 1 amide bonds. The first-order valence-electron chi connectivity index (χ1n) is 3.12. The van der Waals surface area contributed by atoms with E-state index in [1.807, 2.05) is 0 Å². The van der Waals surface area contributed by atoms with E-state index < -0.39 is 6.67 Å². The normalized spacial score (nSPS) is 9.17. The van der Waals surface area contributed by atoms with Gasteiger partial charge in [-0.15, -0.1) is 0 Å². The quantitative estimate of drug-likeness (QED) is 0.422. The average Bonchev–Trinajstić information content (AvgIpc) is 2.01. The molecule has 1 radical (unpaired) electrons. The summed E-state index contributed by atoms with van der Waals surface area (Å²) < 4.78 is 11.5. The molecule has 12 heavy (non-hydrogen) atoms. The predicted molar refractivity (Wildman–Crippen MR) is 38.0 cm³/mol. The van der Waals surface area contributed by atoms with Crippen molar-refractivity contribution in [2.24, 2.45) is 5.16 Å². The number of nitrogens with one attached hydrogen (secondary N) is 1. The smallest absolute Gasteiger partial charge is 0.260 e. The molecule has 4 nitrogen and oxygen atoms in total. The number of carbonyl (C=O) groups excluding carboxylic acids is 1. The number of alkyl halides is 1. The molecule has 0 aliphatic carbocycles. The van der Waals surface area contributed by atoms with Gasteiger partial charge < -0.3 is 21.5 Å². The Morgan fingerprint density at radius 1 is 1.75 bits per heavy atom. The molecule has 6 heteroatoms. The monoisotopic (exact) mass is 249 g/mol. The molecule has 0 spiro atoms. The van der Waals surface area contributed by atoms with Gasteiger partial charge in [-0.3, -0.25) is 4.79 Å². The summed E-state index contributed by atoms with van der Waals surface area (Å²) in [6.07, 6.45) is 2.33. The Balaban J connectivity index is 0. The molecule has 0 saturated carbocycles. The van der Waals surface area contributed by atoms with Crippen molar-refractivity contribution in [3.8, 4) is 0 Å². The van der Waals surface area contributed by atoms with Crippen LogP contribution in [0.1, 0.15) is 6.92 Å². The maximum atomic E-state index is 11.5. The van der Waals surface area contributed by atoms with E-state index in [9.17, 15) is 9.18 Å². The van der Waals surface area contributed by atoms with Crippen LogP contribution in [0.15, 0.2) is 5.16 Å². The van der Waals surface area contributed by atoms with Crippen molar-refractivity contribution in [2.75, 3.05) is 19.8 Å². The van der Waals surface area contributed by atoms with Gasteiger partial charge in [0.15, 0.2) is 6.61 Å². The SMILES string of the molecule is C[C-]=NOCC(=O)NCC[18F].[Y]. The van der Waals surface area contributed by atoms with Gasteiger partial charge in [0.25, 0.3) is 5.91 Å². The molecule has 0 saturated heterocycles. The third-order valence-electron chi connectivity index (χ3n) is 0.768. The fraction of sp³-hybridized carbons (Fsp3) is 0.667. The molecule has 0 bridgehead atoms. The van der Waals surface area contributed by atoms with Gasteiger partial charge >= 0.3 is 0 Å². The minimum atomic E-state index is -0.574. The molecule has 0 aromatic heterocycles. The van der Waals surface area contributed by atoms with Gasteiger partial charge in [0.05, 0.1) is 0 Å². The average molecular weight is 249 g/mol. The molecule has 0 aromatic carbocycles. The van der Waals surface area contributed by atoms with Crippen LogP contribution < -0.4 is 5.32 Å². The third kappa shape index (κ3) is 9.97. The zero-order chi connectivity index (χ0) is 8.53. The van der Waals surface area contributed by atoms with Crippen LogP contribution >= 0.6 is 0 Å². The van der Waals surface area contributed by atoms with Gasteiger partial charge in [-0.05, 0) is 0 Å². The first-order chi connectivity index (χ1) is 5.31. The van der Waals surface area contributed by atoms with Crippen molar-refractivity contribution in [3.63, 3.8) is 0 Å². The minimum Gasteiger partial charge on any atom is -0.423 e. The maximum absolute atomic E-state index is 11.5. The van der Waals surface area contributed by atoms with Crippen LogP contribution in [-0.2, 0) is 42.3 Å². The van der Waals surface area contributed by atoms with E-state index >= 15 is 0 Å². The van der Waals surface area contributed by atoms with Crippen LogP contribution in [-0.4, -0.2) is 31.9 Å². The van der Waals surface area contributed by atoms with E-state index in [0.717, 1.165) is 0 Å². The second-order valence-electron chi connectivity index (χ2n) is 1.63.